The molecule has 0 aliphatic rings. The van der Waals surface area contributed by atoms with Gasteiger partial charge in [0.1, 0.15) is 12.0 Å². The van der Waals surface area contributed by atoms with Gasteiger partial charge in [-0.15, -0.1) is 13.2 Å². The first-order valence-electron chi connectivity index (χ1n) is 9.18. The summed E-state index contributed by atoms with van der Waals surface area (Å²) in [7, 11) is 0. The molecule has 0 spiro atoms. The fraction of sp³-hybridized carbons (Fsp3) is 0.238. The largest absolute Gasteiger partial charge is 0.573 e. The standard InChI is InChI=1S/C21H21F3N4O2/c1-14-2-6-16(7-3-14)19-28-17(13-29-19)10-11-26-20(25)27-12-15-4-8-18(9-5-15)30-21(22,23)24/h2-9,13H,10-12H2,1H3,(H3,25,26,27). The molecular formula is C21H21F3N4O2. The number of nitrogens with zero attached hydrogens (tertiary/aromatic N) is 2. The number of ether oxygens (including phenoxy) is 1. The van der Waals surface area contributed by atoms with Crippen molar-refractivity contribution in [3.63, 3.8) is 0 Å². The van der Waals surface area contributed by atoms with Crippen LogP contribution in [0.5, 0.6) is 5.75 Å². The molecule has 2 aromatic carbocycles. The van der Waals surface area contributed by atoms with Crippen LogP contribution in [0.1, 0.15) is 16.8 Å². The van der Waals surface area contributed by atoms with Gasteiger partial charge >= 0.3 is 6.36 Å². The average molecular weight is 418 g/mol. The molecule has 0 amide bonds. The molecule has 6 nitrogen and oxygen atoms in total. The van der Waals surface area contributed by atoms with Gasteiger partial charge in [-0.05, 0) is 36.8 Å². The molecular weight excluding hydrogens is 397 g/mol. The Labute approximate surface area is 171 Å². The molecule has 3 N–H and O–H groups in total. The quantitative estimate of drug-likeness (QED) is 0.444. The van der Waals surface area contributed by atoms with Crippen LogP contribution in [0.25, 0.3) is 11.5 Å². The second-order valence-electron chi connectivity index (χ2n) is 6.58. The molecule has 0 saturated carbocycles. The molecule has 0 fully saturated rings. The molecule has 1 aromatic heterocycles. The summed E-state index contributed by atoms with van der Waals surface area (Å²) in [4.78, 5) is 8.62. The third-order valence-corrected chi connectivity index (χ3v) is 4.13. The van der Waals surface area contributed by atoms with Crippen LogP contribution >= 0.6 is 0 Å². The van der Waals surface area contributed by atoms with E-state index in [2.05, 4.69) is 20.0 Å². The number of hydrogen-bond acceptors (Lipinski definition) is 4. The molecule has 0 aliphatic carbocycles. The summed E-state index contributed by atoms with van der Waals surface area (Å²) in [6.07, 6.45) is -2.51. The van der Waals surface area contributed by atoms with Crippen molar-refractivity contribution in [3.05, 3.63) is 71.6 Å². The number of halogens is 3. The van der Waals surface area contributed by atoms with Gasteiger partial charge < -0.3 is 20.2 Å². The molecule has 158 valence electrons. The molecule has 0 unspecified atom stereocenters. The van der Waals surface area contributed by atoms with Crippen LogP contribution in [0.2, 0.25) is 0 Å². The number of aliphatic imine (C=N–C) groups is 1. The van der Waals surface area contributed by atoms with Crippen molar-refractivity contribution in [1.82, 2.24) is 10.3 Å². The Morgan fingerprint density at radius 1 is 1.13 bits per heavy atom. The van der Waals surface area contributed by atoms with Gasteiger partial charge in [-0.25, -0.2) is 9.98 Å². The van der Waals surface area contributed by atoms with Crippen LogP contribution < -0.4 is 15.8 Å². The average Bonchev–Trinajstić information content (AvgIpc) is 3.16. The Morgan fingerprint density at radius 3 is 2.50 bits per heavy atom. The highest BCUT2D eigenvalue weighted by Crippen LogP contribution is 2.23. The molecule has 0 radical (unpaired) electrons. The summed E-state index contributed by atoms with van der Waals surface area (Å²) in [6, 6.07) is 13.4. The van der Waals surface area contributed by atoms with E-state index in [4.69, 9.17) is 10.2 Å². The number of alkyl halides is 3. The molecule has 0 bridgehead atoms. The molecule has 9 heteroatoms. The van der Waals surface area contributed by atoms with Gasteiger partial charge in [0.05, 0.1) is 12.2 Å². The lowest BCUT2D eigenvalue weighted by Crippen LogP contribution is -2.33. The Balaban J connectivity index is 1.45. The third-order valence-electron chi connectivity index (χ3n) is 4.13. The normalized spacial score (nSPS) is 12.1. The minimum absolute atomic E-state index is 0.229. The van der Waals surface area contributed by atoms with Crippen molar-refractivity contribution in [2.45, 2.75) is 26.3 Å². The van der Waals surface area contributed by atoms with E-state index in [-0.39, 0.29) is 18.3 Å². The number of rotatable bonds is 7. The lowest BCUT2D eigenvalue weighted by atomic mass is 10.1. The predicted molar refractivity (Wildman–Crippen MR) is 107 cm³/mol. The highest BCUT2D eigenvalue weighted by atomic mass is 19.4. The summed E-state index contributed by atoms with van der Waals surface area (Å²) in [5.74, 6) is 0.511. The minimum Gasteiger partial charge on any atom is -0.444 e. The molecule has 0 aliphatic heterocycles. The highest BCUT2D eigenvalue weighted by Gasteiger charge is 2.30. The fourth-order valence-electron chi connectivity index (χ4n) is 2.60. The third kappa shape index (κ3) is 6.54. The Hall–Kier alpha value is -3.49. The maximum absolute atomic E-state index is 12.2. The van der Waals surface area contributed by atoms with E-state index in [1.54, 1.807) is 6.26 Å². The second kappa shape index (κ2) is 9.34. The van der Waals surface area contributed by atoms with Gasteiger partial charge in [0.2, 0.25) is 5.89 Å². The van der Waals surface area contributed by atoms with Crippen molar-refractivity contribution >= 4 is 5.96 Å². The highest BCUT2D eigenvalue weighted by molar-refractivity contribution is 5.77. The van der Waals surface area contributed by atoms with Crippen LogP contribution in [0.3, 0.4) is 0 Å². The zero-order valence-corrected chi connectivity index (χ0v) is 16.2. The number of guanidine groups is 1. The summed E-state index contributed by atoms with van der Waals surface area (Å²) in [5, 5.41) is 2.97. The van der Waals surface area contributed by atoms with Crippen LogP contribution in [0.15, 0.2) is 64.2 Å². The first kappa shape index (κ1) is 21.2. The second-order valence-corrected chi connectivity index (χ2v) is 6.58. The van der Waals surface area contributed by atoms with Gasteiger partial charge in [0, 0.05) is 18.5 Å². The number of benzene rings is 2. The lowest BCUT2D eigenvalue weighted by Gasteiger charge is -2.09. The van der Waals surface area contributed by atoms with Crippen LogP contribution in [0, 0.1) is 6.92 Å². The van der Waals surface area contributed by atoms with E-state index in [1.807, 2.05) is 31.2 Å². The van der Waals surface area contributed by atoms with E-state index in [0.717, 1.165) is 16.8 Å². The smallest absolute Gasteiger partial charge is 0.444 e. The number of hydrogen-bond donors (Lipinski definition) is 2. The topological polar surface area (TPSA) is 85.7 Å². The number of nitrogens with two attached hydrogens (primary N) is 1. The van der Waals surface area contributed by atoms with Crippen LogP contribution in [-0.2, 0) is 13.0 Å². The molecule has 30 heavy (non-hydrogen) atoms. The summed E-state index contributed by atoms with van der Waals surface area (Å²) in [6.45, 7) is 2.75. The number of aromatic nitrogens is 1. The monoisotopic (exact) mass is 418 g/mol. The molecule has 0 saturated heterocycles. The molecule has 3 rings (SSSR count). The number of oxazole rings is 1. The Kier molecular flexibility index (Phi) is 6.61. The number of nitrogens with one attached hydrogen (secondary N) is 1. The van der Waals surface area contributed by atoms with Gasteiger partial charge in [-0.3, -0.25) is 0 Å². The lowest BCUT2D eigenvalue weighted by molar-refractivity contribution is -0.274. The van der Waals surface area contributed by atoms with Crippen molar-refractivity contribution in [2.75, 3.05) is 6.54 Å². The van der Waals surface area contributed by atoms with Gasteiger partial charge in [-0.2, -0.15) is 0 Å². The molecule has 1 heterocycles. The Morgan fingerprint density at radius 2 is 1.83 bits per heavy atom. The first-order chi connectivity index (χ1) is 14.3. The van der Waals surface area contributed by atoms with E-state index >= 15 is 0 Å². The van der Waals surface area contributed by atoms with E-state index < -0.39 is 6.36 Å². The van der Waals surface area contributed by atoms with Gasteiger partial charge in [0.25, 0.3) is 0 Å². The SMILES string of the molecule is Cc1ccc(-c2nc(CCNC(N)=NCc3ccc(OC(F)(F)F)cc3)co2)cc1. The molecule has 3 aromatic rings. The maximum atomic E-state index is 12.2. The van der Waals surface area contributed by atoms with Gasteiger partial charge in [-0.1, -0.05) is 29.8 Å². The number of aryl methyl sites for hydroxylation is 1. The summed E-state index contributed by atoms with van der Waals surface area (Å²) >= 11 is 0. The zero-order chi connectivity index (χ0) is 21.6. The zero-order valence-electron chi connectivity index (χ0n) is 16.2. The van der Waals surface area contributed by atoms with E-state index in [1.165, 1.54) is 24.3 Å². The van der Waals surface area contributed by atoms with E-state index in [0.29, 0.717) is 24.4 Å². The minimum atomic E-state index is -4.71. The van der Waals surface area contributed by atoms with Crippen molar-refractivity contribution in [3.8, 4) is 17.2 Å². The van der Waals surface area contributed by atoms with Crippen LogP contribution in [0.4, 0.5) is 13.2 Å². The van der Waals surface area contributed by atoms with Crippen LogP contribution in [-0.4, -0.2) is 23.9 Å². The first-order valence-corrected chi connectivity index (χ1v) is 9.18. The fourth-order valence-corrected chi connectivity index (χ4v) is 2.60. The van der Waals surface area contributed by atoms with E-state index in [9.17, 15) is 13.2 Å². The van der Waals surface area contributed by atoms with Gasteiger partial charge in [0.15, 0.2) is 5.96 Å². The maximum Gasteiger partial charge on any atom is 0.573 e. The van der Waals surface area contributed by atoms with Crippen molar-refractivity contribution in [1.29, 1.82) is 0 Å². The predicted octanol–water partition coefficient (Wildman–Crippen LogP) is 4.20. The van der Waals surface area contributed by atoms with Crippen molar-refractivity contribution < 1.29 is 22.3 Å². The summed E-state index contributed by atoms with van der Waals surface area (Å²) < 4.78 is 45.8. The Bertz CT molecular complexity index is 981. The van der Waals surface area contributed by atoms with Crippen molar-refractivity contribution in [2.24, 2.45) is 10.7 Å². The molecule has 0 atom stereocenters. The summed E-state index contributed by atoms with van der Waals surface area (Å²) in [5.41, 5.74) is 9.39.